The molecule has 0 aromatic carbocycles. The highest BCUT2D eigenvalue weighted by Gasteiger charge is 2.24. The summed E-state index contributed by atoms with van der Waals surface area (Å²) in [6.45, 7) is 2.77. The van der Waals surface area contributed by atoms with Crippen molar-refractivity contribution in [2.24, 2.45) is 5.73 Å². The Kier molecular flexibility index (Phi) is 11.4. The lowest BCUT2D eigenvalue weighted by Gasteiger charge is -2.25. The van der Waals surface area contributed by atoms with Crippen molar-refractivity contribution < 1.29 is 24.6 Å². The Morgan fingerprint density at radius 1 is 1.26 bits per heavy atom. The van der Waals surface area contributed by atoms with E-state index in [1.807, 2.05) is 0 Å². The Morgan fingerprint density at radius 3 is 2.35 bits per heavy atom. The van der Waals surface area contributed by atoms with Crippen molar-refractivity contribution in [2.45, 2.75) is 57.3 Å². The second kappa shape index (κ2) is 12.1. The maximum atomic E-state index is 12.2. The maximum absolute atomic E-state index is 12.2. The lowest BCUT2D eigenvalue weighted by atomic mass is 10.1. The summed E-state index contributed by atoms with van der Waals surface area (Å²) in [5.41, 5.74) is 10.8. The SMILES string of the molecule is CC(=O)[C@@H](NN[C@@H](CCCCN)C(=O)N[C@H](C=O)CO)[C@@H](C)O. The molecule has 9 nitrogen and oxygen atoms in total. The van der Waals surface area contributed by atoms with Gasteiger partial charge in [-0.3, -0.25) is 9.59 Å². The number of carbonyl (C=O) groups is 3. The predicted octanol–water partition coefficient (Wildman–Crippen LogP) is -2.41. The van der Waals surface area contributed by atoms with Gasteiger partial charge in [0.05, 0.1) is 18.8 Å². The fourth-order valence-corrected chi connectivity index (χ4v) is 1.92. The van der Waals surface area contributed by atoms with Gasteiger partial charge in [0.1, 0.15) is 18.4 Å². The molecule has 9 heteroatoms. The lowest BCUT2D eigenvalue weighted by Crippen LogP contribution is -2.58. The molecule has 1 amide bonds. The van der Waals surface area contributed by atoms with Gasteiger partial charge in [-0.1, -0.05) is 6.42 Å². The molecule has 0 aromatic rings. The van der Waals surface area contributed by atoms with Crippen molar-refractivity contribution >= 4 is 18.0 Å². The second-order valence-electron chi connectivity index (χ2n) is 5.39. The van der Waals surface area contributed by atoms with E-state index in [2.05, 4.69) is 16.2 Å². The van der Waals surface area contributed by atoms with Gasteiger partial charge in [-0.05, 0) is 33.2 Å². The van der Waals surface area contributed by atoms with Crippen LogP contribution in [0.25, 0.3) is 0 Å². The number of ketones is 1. The summed E-state index contributed by atoms with van der Waals surface area (Å²) in [6, 6.07) is -2.59. The first-order valence-corrected chi connectivity index (χ1v) is 7.63. The Morgan fingerprint density at radius 2 is 1.91 bits per heavy atom. The number of carbonyl (C=O) groups excluding carboxylic acids is 3. The number of rotatable bonds is 13. The van der Waals surface area contributed by atoms with Gasteiger partial charge >= 0.3 is 0 Å². The molecule has 0 aliphatic rings. The first-order valence-electron chi connectivity index (χ1n) is 7.63. The maximum Gasteiger partial charge on any atom is 0.239 e. The Balaban J connectivity index is 4.74. The molecule has 0 fully saturated rings. The Bertz CT molecular complexity index is 378. The topological polar surface area (TPSA) is 154 Å². The number of nitrogens with one attached hydrogen (secondary N) is 3. The lowest BCUT2D eigenvalue weighted by molar-refractivity contribution is -0.128. The minimum atomic E-state index is -0.985. The van der Waals surface area contributed by atoms with E-state index in [1.54, 1.807) is 0 Å². The van der Waals surface area contributed by atoms with Crippen LogP contribution in [0.1, 0.15) is 33.1 Å². The Hall–Kier alpha value is -1.39. The van der Waals surface area contributed by atoms with Gasteiger partial charge in [-0.2, -0.15) is 0 Å². The number of Topliss-reactive ketones (excluding diaryl/α,β-unsaturated/α-hetero) is 1. The normalized spacial score (nSPS) is 16.2. The van der Waals surface area contributed by atoms with E-state index < -0.39 is 36.7 Å². The number of hydrogen-bond acceptors (Lipinski definition) is 8. The number of aldehydes is 1. The average Bonchev–Trinajstić information content (AvgIpc) is 2.50. The number of hydrazine groups is 1. The number of aliphatic hydroxyl groups excluding tert-OH is 2. The van der Waals surface area contributed by atoms with Crippen LogP contribution in [0.2, 0.25) is 0 Å². The summed E-state index contributed by atoms with van der Waals surface area (Å²) in [6.07, 6.45) is 1.30. The molecule has 0 bridgehead atoms. The highest BCUT2D eigenvalue weighted by Crippen LogP contribution is 2.02. The van der Waals surface area contributed by atoms with Crippen molar-refractivity contribution in [3.05, 3.63) is 0 Å². The number of aliphatic hydroxyl groups is 2. The molecular weight excluding hydrogens is 304 g/mol. The van der Waals surface area contributed by atoms with Gasteiger partial charge in [-0.15, -0.1) is 0 Å². The summed E-state index contributed by atoms with van der Waals surface area (Å²) in [4.78, 5) is 34.3. The molecule has 0 radical (unpaired) electrons. The minimum Gasteiger partial charge on any atom is -0.394 e. The molecule has 0 aliphatic heterocycles. The van der Waals surface area contributed by atoms with Gasteiger partial charge < -0.3 is 26.1 Å². The van der Waals surface area contributed by atoms with Gasteiger partial charge in [0, 0.05) is 0 Å². The van der Waals surface area contributed by atoms with Gasteiger partial charge in [0.2, 0.25) is 5.91 Å². The van der Waals surface area contributed by atoms with Crippen molar-refractivity contribution in [1.82, 2.24) is 16.2 Å². The molecule has 0 rings (SSSR count). The fraction of sp³-hybridized carbons (Fsp3) is 0.786. The predicted molar refractivity (Wildman–Crippen MR) is 84.2 cm³/mol. The molecular formula is C14H28N4O5. The quantitative estimate of drug-likeness (QED) is 0.124. The first-order chi connectivity index (χ1) is 10.9. The van der Waals surface area contributed by atoms with Crippen LogP contribution in [0, 0.1) is 0 Å². The van der Waals surface area contributed by atoms with E-state index in [4.69, 9.17) is 10.8 Å². The Labute approximate surface area is 136 Å². The van der Waals surface area contributed by atoms with Crippen molar-refractivity contribution in [3.8, 4) is 0 Å². The van der Waals surface area contributed by atoms with Crippen LogP contribution in [-0.2, 0) is 14.4 Å². The van der Waals surface area contributed by atoms with Gasteiger partial charge in [0.25, 0.3) is 0 Å². The van der Waals surface area contributed by atoms with Crippen LogP contribution in [0.4, 0.5) is 0 Å². The third-order valence-electron chi connectivity index (χ3n) is 3.29. The summed E-state index contributed by atoms with van der Waals surface area (Å²) < 4.78 is 0. The molecule has 0 aromatic heterocycles. The van der Waals surface area contributed by atoms with E-state index >= 15 is 0 Å². The van der Waals surface area contributed by atoms with Crippen molar-refractivity contribution in [3.63, 3.8) is 0 Å². The standard InChI is InChI=1S/C14H28N4O5/c1-9(21)13(10(2)22)18-17-12(5-3-4-6-15)14(23)16-11(7-19)8-20/h7,9,11-13,17-18,20-21H,3-6,8,15H2,1-2H3,(H,16,23)/t9-,11-,12+,13+/m1/s1. The van der Waals surface area contributed by atoms with Gasteiger partial charge in [0.15, 0.2) is 5.78 Å². The molecule has 134 valence electrons. The molecule has 0 aliphatic carbocycles. The van der Waals surface area contributed by atoms with Crippen molar-refractivity contribution in [2.75, 3.05) is 13.2 Å². The zero-order valence-corrected chi connectivity index (χ0v) is 13.6. The van der Waals surface area contributed by atoms with E-state index in [9.17, 15) is 19.5 Å². The molecule has 23 heavy (non-hydrogen) atoms. The smallest absolute Gasteiger partial charge is 0.239 e. The summed E-state index contributed by atoms with van der Waals surface area (Å²) in [7, 11) is 0. The van der Waals surface area contributed by atoms with Gasteiger partial charge in [-0.25, -0.2) is 10.9 Å². The first kappa shape index (κ1) is 21.6. The molecule has 0 unspecified atom stereocenters. The minimum absolute atomic E-state index is 0.283. The van der Waals surface area contributed by atoms with Crippen LogP contribution >= 0.6 is 0 Å². The largest absolute Gasteiger partial charge is 0.394 e. The third-order valence-corrected chi connectivity index (χ3v) is 3.29. The van der Waals surface area contributed by atoms with Crippen LogP contribution in [0.5, 0.6) is 0 Å². The van der Waals surface area contributed by atoms with Crippen LogP contribution in [-0.4, -0.2) is 65.6 Å². The van der Waals surface area contributed by atoms with E-state index in [1.165, 1.54) is 13.8 Å². The zero-order valence-electron chi connectivity index (χ0n) is 13.6. The molecule has 0 spiro atoms. The van der Waals surface area contributed by atoms with E-state index in [0.717, 1.165) is 6.42 Å². The highest BCUT2D eigenvalue weighted by molar-refractivity contribution is 5.85. The van der Waals surface area contributed by atoms with E-state index in [0.29, 0.717) is 25.7 Å². The van der Waals surface area contributed by atoms with Crippen LogP contribution in [0.15, 0.2) is 0 Å². The highest BCUT2D eigenvalue weighted by atomic mass is 16.3. The third kappa shape index (κ3) is 8.72. The molecule has 0 saturated carbocycles. The molecule has 0 saturated heterocycles. The molecule has 0 heterocycles. The number of hydrogen-bond donors (Lipinski definition) is 6. The average molecular weight is 332 g/mol. The fourth-order valence-electron chi connectivity index (χ4n) is 1.92. The van der Waals surface area contributed by atoms with E-state index in [-0.39, 0.29) is 5.78 Å². The monoisotopic (exact) mass is 332 g/mol. The molecule has 4 atom stereocenters. The van der Waals surface area contributed by atoms with Crippen molar-refractivity contribution in [1.29, 1.82) is 0 Å². The molecule has 7 N–H and O–H groups in total. The number of nitrogens with two attached hydrogens (primary N) is 1. The van der Waals surface area contributed by atoms with Crippen LogP contribution < -0.4 is 21.9 Å². The number of amides is 1. The second-order valence-corrected chi connectivity index (χ2v) is 5.39. The van der Waals surface area contributed by atoms with Crippen LogP contribution in [0.3, 0.4) is 0 Å². The summed E-state index contributed by atoms with van der Waals surface area (Å²) >= 11 is 0. The summed E-state index contributed by atoms with van der Waals surface area (Å²) in [5.74, 6) is -0.775. The summed E-state index contributed by atoms with van der Waals surface area (Å²) in [5, 5.41) is 20.9. The number of unbranched alkanes of at least 4 members (excludes halogenated alkanes) is 1. The zero-order chi connectivity index (χ0) is 17.8.